The maximum atomic E-state index is 9.16. The first-order valence-corrected chi connectivity index (χ1v) is 6.82. The molecule has 1 aliphatic rings. The van der Waals surface area contributed by atoms with Crippen molar-refractivity contribution in [3.8, 4) is 22.9 Å². The van der Waals surface area contributed by atoms with Crippen LogP contribution in [-0.2, 0) is 6.61 Å². The fourth-order valence-corrected chi connectivity index (χ4v) is 2.34. The lowest BCUT2D eigenvalue weighted by Gasteiger charge is -2.08. The zero-order chi connectivity index (χ0) is 13.2. The molecule has 0 aliphatic carbocycles. The van der Waals surface area contributed by atoms with E-state index in [4.69, 9.17) is 14.6 Å². The molecule has 0 atom stereocenters. The minimum absolute atomic E-state index is 0.0852. The lowest BCUT2D eigenvalue weighted by atomic mass is 10.2. The maximum absolute atomic E-state index is 9.16. The van der Waals surface area contributed by atoms with E-state index < -0.39 is 0 Å². The zero-order valence-corrected chi connectivity index (χ0v) is 11.7. The number of H-pyrrole nitrogens is 1. The van der Waals surface area contributed by atoms with Gasteiger partial charge in [0, 0.05) is 12.0 Å². The van der Waals surface area contributed by atoms with Crippen LogP contribution >= 0.6 is 15.9 Å². The molecule has 0 amide bonds. The van der Waals surface area contributed by atoms with Crippen LogP contribution in [-0.4, -0.2) is 28.3 Å². The second kappa shape index (κ2) is 5.22. The van der Waals surface area contributed by atoms with Gasteiger partial charge in [0.2, 0.25) is 0 Å². The number of aromatic amines is 1. The van der Waals surface area contributed by atoms with Crippen LogP contribution < -0.4 is 9.47 Å². The Morgan fingerprint density at radius 3 is 2.79 bits per heavy atom. The van der Waals surface area contributed by atoms with E-state index in [1.807, 2.05) is 18.2 Å². The molecule has 0 fully saturated rings. The Morgan fingerprint density at radius 2 is 2.05 bits per heavy atom. The molecule has 0 unspecified atom stereocenters. The van der Waals surface area contributed by atoms with Gasteiger partial charge in [-0.25, -0.2) is 4.98 Å². The minimum Gasteiger partial charge on any atom is -0.490 e. The number of fused-ring (bicyclic) bond motifs is 1. The summed E-state index contributed by atoms with van der Waals surface area (Å²) in [5.41, 5.74) is 1.55. The fourth-order valence-electron chi connectivity index (χ4n) is 1.94. The molecule has 2 N–H and O–H groups in total. The highest BCUT2D eigenvalue weighted by Crippen LogP contribution is 2.34. The van der Waals surface area contributed by atoms with E-state index >= 15 is 0 Å². The number of aromatic nitrogens is 2. The highest BCUT2D eigenvalue weighted by molar-refractivity contribution is 9.10. The smallest absolute Gasteiger partial charge is 0.161 e. The largest absolute Gasteiger partial charge is 0.490 e. The topological polar surface area (TPSA) is 67.4 Å². The summed E-state index contributed by atoms with van der Waals surface area (Å²) in [6, 6.07) is 5.69. The number of rotatable bonds is 2. The van der Waals surface area contributed by atoms with Gasteiger partial charge in [-0.1, -0.05) is 0 Å². The van der Waals surface area contributed by atoms with E-state index in [-0.39, 0.29) is 6.61 Å². The highest BCUT2D eigenvalue weighted by atomic mass is 79.9. The Balaban J connectivity index is 1.98. The number of ether oxygens (including phenoxy) is 2. The number of aliphatic hydroxyl groups is 1. The monoisotopic (exact) mass is 324 g/mol. The Kier molecular flexibility index (Phi) is 3.44. The summed E-state index contributed by atoms with van der Waals surface area (Å²) in [5.74, 6) is 2.17. The Labute approximate surface area is 118 Å². The first-order valence-electron chi connectivity index (χ1n) is 6.03. The molecule has 2 aromatic rings. The number of aliphatic hydroxyl groups excluding tert-OH is 1. The maximum Gasteiger partial charge on any atom is 0.161 e. The van der Waals surface area contributed by atoms with Crippen molar-refractivity contribution in [2.24, 2.45) is 0 Å². The van der Waals surface area contributed by atoms with Gasteiger partial charge in [-0.05, 0) is 34.1 Å². The van der Waals surface area contributed by atoms with Crippen LogP contribution in [0.4, 0.5) is 0 Å². The van der Waals surface area contributed by atoms with E-state index in [1.165, 1.54) is 0 Å². The molecule has 0 radical (unpaired) electrons. The van der Waals surface area contributed by atoms with Gasteiger partial charge in [0.05, 0.1) is 25.5 Å². The van der Waals surface area contributed by atoms with E-state index in [9.17, 15) is 0 Å². The van der Waals surface area contributed by atoms with Crippen LogP contribution in [0.25, 0.3) is 11.4 Å². The van der Waals surface area contributed by atoms with Crippen molar-refractivity contribution >= 4 is 15.9 Å². The van der Waals surface area contributed by atoms with E-state index in [1.54, 1.807) is 0 Å². The van der Waals surface area contributed by atoms with E-state index in [2.05, 4.69) is 25.9 Å². The first-order chi connectivity index (χ1) is 9.28. The lowest BCUT2D eigenvalue weighted by molar-refractivity contribution is 0.276. The van der Waals surface area contributed by atoms with Crippen LogP contribution in [0, 0.1) is 0 Å². The number of imidazole rings is 1. The molecular formula is C13H13BrN2O3. The molecule has 19 heavy (non-hydrogen) atoms. The molecule has 0 spiro atoms. The van der Waals surface area contributed by atoms with E-state index in [0.29, 0.717) is 29.3 Å². The number of nitrogens with zero attached hydrogens (tertiary/aromatic N) is 1. The standard InChI is InChI=1S/C13H13BrN2O3/c14-12-9(7-17)15-13(16-12)8-2-3-10-11(6-8)19-5-1-4-18-10/h2-3,6,17H,1,4-5,7H2,(H,15,16). The zero-order valence-electron chi connectivity index (χ0n) is 10.1. The third kappa shape index (κ3) is 2.46. The van der Waals surface area contributed by atoms with Crippen molar-refractivity contribution in [2.75, 3.05) is 13.2 Å². The summed E-state index contributed by atoms with van der Waals surface area (Å²) in [6.45, 7) is 1.24. The quantitative estimate of drug-likeness (QED) is 0.890. The number of hydrogen-bond donors (Lipinski definition) is 2. The number of hydrogen-bond acceptors (Lipinski definition) is 4. The summed E-state index contributed by atoms with van der Waals surface area (Å²) in [6.07, 6.45) is 0.880. The SMILES string of the molecule is OCc1[nH]c(-c2ccc3c(c2)OCCCO3)nc1Br. The van der Waals surface area contributed by atoms with Gasteiger partial charge in [-0.3, -0.25) is 0 Å². The molecule has 1 aromatic carbocycles. The molecule has 6 heteroatoms. The Morgan fingerprint density at radius 1 is 1.26 bits per heavy atom. The first kappa shape index (κ1) is 12.5. The minimum atomic E-state index is -0.0852. The van der Waals surface area contributed by atoms with Crippen molar-refractivity contribution in [2.45, 2.75) is 13.0 Å². The van der Waals surface area contributed by atoms with Gasteiger partial charge < -0.3 is 19.6 Å². The fraction of sp³-hybridized carbons (Fsp3) is 0.308. The second-order valence-electron chi connectivity index (χ2n) is 4.22. The van der Waals surface area contributed by atoms with Gasteiger partial charge >= 0.3 is 0 Å². The lowest BCUT2D eigenvalue weighted by Crippen LogP contribution is -1.97. The van der Waals surface area contributed by atoms with Crippen LogP contribution in [0.1, 0.15) is 12.1 Å². The Bertz CT molecular complexity index is 598. The summed E-state index contributed by atoms with van der Waals surface area (Å²) >= 11 is 3.30. The van der Waals surface area contributed by atoms with Crippen molar-refractivity contribution in [1.29, 1.82) is 0 Å². The summed E-state index contributed by atoms with van der Waals surface area (Å²) in [7, 11) is 0. The average molecular weight is 325 g/mol. The normalized spacial score (nSPS) is 14.2. The summed E-state index contributed by atoms with van der Waals surface area (Å²) in [4.78, 5) is 7.39. The van der Waals surface area contributed by atoms with Crippen LogP contribution in [0.15, 0.2) is 22.8 Å². The molecular weight excluding hydrogens is 312 g/mol. The third-order valence-electron chi connectivity index (χ3n) is 2.91. The van der Waals surface area contributed by atoms with Crippen molar-refractivity contribution in [3.63, 3.8) is 0 Å². The number of benzene rings is 1. The van der Waals surface area contributed by atoms with Crippen LogP contribution in [0.5, 0.6) is 11.5 Å². The Hall–Kier alpha value is -1.53. The summed E-state index contributed by atoms with van der Waals surface area (Å²) in [5, 5.41) is 9.16. The molecule has 0 saturated heterocycles. The van der Waals surface area contributed by atoms with Gasteiger partial charge in [0.15, 0.2) is 11.5 Å². The highest BCUT2D eigenvalue weighted by Gasteiger charge is 2.14. The second-order valence-corrected chi connectivity index (χ2v) is 4.98. The van der Waals surface area contributed by atoms with Gasteiger partial charge in [0.1, 0.15) is 10.4 Å². The van der Waals surface area contributed by atoms with Crippen molar-refractivity contribution in [3.05, 3.63) is 28.5 Å². The molecule has 3 rings (SSSR count). The molecule has 1 aromatic heterocycles. The van der Waals surface area contributed by atoms with Crippen LogP contribution in [0.2, 0.25) is 0 Å². The molecule has 5 nitrogen and oxygen atoms in total. The van der Waals surface area contributed by atoms with Crippen molar-refractivity contribution in [1.82, 2.24) is 9.97 Å². The molecule has 100 valence electrons. The van der Waals surface area contributed by atoms with Gasteiger partial charge in [-0.2, -0.15) is 0 Å². The average Bonchev–Trinajstić information content (AvgIpc) is 2.66. The van der Waals surface area contributed by atoms with Crippen molar-refractivity contribution < 1.29 is 14.6 Å². The molecule has 0 bridgehead atoms. The van der Waals surface area contributed by atoms with E-state index in [0.717, 1.165) is 23.5 Å². The third-order valence-corrected chi connectivity index (χ3v) is 3.56. The predicted octanol–water partition coefficient (Wildman–Crippen LogP) is 2.49. The summed E-state index contributed by atoms with van der Waals surface area (Å²) < 4.78 is 11.9. The van der Waals surface area contributed by atoms with Gasteiger partial charge in [0.25, 0.3) is 0 Å². The van der Waals surface area contributed by atoms with Crippen LogP contribution in [0.3, 0.4) is 0 Å². The number of nitrogens with one attached hydrogen (secondary N) is 1. The predicted molar refractivity (Wildman–Crippen MR) is 73.3 cm³/mol. The van der Waals surface area contributed by atoms with Gasteiger partial charge in [-0.15, -0.1) is 0 Å². The molecule has 1 aliphatic heterocycles. The molecule has 2 heterocycles. The number of halogens is 1. The molecule has 0 saturated carbocycles.